The van der Waals surface area contributed by atoms with Crippen molar-refractivity contribution in [2.75, 3.05) is 20.8 Å². The monoisotopic (exact) mass is 460 g/mol. The zero-order valence-corrected chi connectivity index (χ0v) is 17.9. The summed E-state index contributed by atoms with van der Waals surface area (Å²) in [5, 5.41) is 39.5. The van der Waals surface area contributed by atoms with Gasteiger partial charge < -0.3 is 43.8 Å². The van der Waals surface area contributed by atoms with Crippen LogP contribution in [0.3, 0.4) is 0 Å². The Labute approximate surface area is 188 Å². The summed E-state index contributed by atoms with van der Waals surface area (Å²) >= 11 is 0. The van der Waals surface area contributed by atoms with Gasteiger partial charge in [-0.1, -0.05) is 12.1 Å². The number of fused-ring (bicyclic) bond motifs is 1. The van der Waals surface area contributed by atoms with Crippen LogP contribution in [0, 0.1) is 0 Å². The van der Waals surface area contributed by atoms with Crippen LogP contribution in [-0.4, -0.2) is 72.0 Å². The zero-order chi connectivity index (χ0) is 23.7. The van der Waals surface area contributed by atoms with Gasteiger partial charge in [0, 0.05) is 12.1 Å². The van der Waals surface area contributed by atoms with Gasteiger partial charge in [0.05, 0.1) is 26.4 Å². The van der Waals surface area contributed by atoms with Gasteiger partial charge in [-0.05, 0) is 17.7 Å². The minimum Gasteiger partial charge on any atom is -0.496 e. The Morgan fingerprint density at radius 3 is 2.30 bits per heavy atom. The fourth-order valence-corrected chi connectivity index (χ4v) is 3.68. The van der Waals surface area contributed by atoms with Gasteiger partial charge in [-0.3, -0.25) is 4.79 Å². The molecule has 0 unspecified atom stereocenters. The minimum atomic E-state index is -1.55. The molecule has 33 heavy (non-hydrogen) atoms. The van der Waals surface area contributed by atoms with Crippen molar-refractivity contribution in [1.82, 2.24) is 0 Å². The molecule has 1 aliphatic rings. The Kier molecular flexibility index (Phi) is 6.54. The van der Waals surface area contributed by atoms with E-state index in [4.69, 9.17) is 23.4 Å². The molecule has 3 aromatic rings. The molecule has 5 atom stereocenters. The number of benzene rings is 2. The number of rotatable bonds is 6. The van der Waals surface area contributed by atoms with E-state index in [1.165, 1.54) is 20.5 Å². The molecule has 0 amide bonds. The van der Waals surface area contributed by atoms with E-state index in [9.17, 15) is 25.2 Å². The second-order valence-corrected chi connectivity index (χ2v) is 7.52. The summed E-state index contributed by atoms with van der Waals surface area (Å²) in [5.74, 6) is 1.09. The van der Waals surface area contributed by atoms with E-state index in [1.54, 1.807) is 36.4 Å². The van der Waals surface area contributed by atoms with E-state index >= 15 is 0 Å². The first-order valence-electron chi connectivity index (χ1n) is 10.1. The van der Waals surface area contributed by atoms with Crippen molar-refractivity contribution in [3.8, 4) is 28.4 Å². The second-order valence-electron chi connectivity index (χ2n) is 7.52. The first-order chi connectivity index (χ1) is 15.9. The van der Waals surface area contributed by atoms with Crippen LogP contribution in [0.15, 0.2) is 51.9 Å². The van der Waals surface area contributed by atoms with Crippen molar-refractivity contribution in [1.29, 1.82) is 0 Å². The average molecular weight is 460 g/mol. The molecule has 0 bridgehead atoms. The quantitative estimate of drug-likeness (QED) is 0.413. The molecule has 0 aliphatic carbocycles. The molecule has 1 aromatic heterocycles. The van der Waals surface area contributed by atoms with Gasteiger partial charge in [0.1, 0.15) is 58.9 Å². The van der Waals surface area contributed by atoms with Crippen molar-refractivity contribution < 1.29 is 43.8 Å². The van der Waals surface area contributed by atoms with Crippen LogP contribution in [0.5, 0.6) is 17.2 Å². The van der Waals surface area contributed by atoms with E-state index in [2.05, 4.69) is 0 Å². The van der Waals surface area contributed by atoms with Crippen LogP contribution in [0.25, 0.3) is 22.1 Å². The molecule has 1 fully saturated rings. The maximum atomic E-state index is 13.1. The van der Waals surface area contributed by atoms with E-state index in [0.29, 0.717) is 28.2 Å². The molecule has 10 heteroatoms. The Balaban J connectivity index is 1.61. The number of aliphatic hydroxyl groups excluding tert-OH is 4. The maximum absolute atomic E-state index is 13.1. The highest BCUT2D eigenvalue weighted by Crippen LogP contribution is 2.32. The highest BCUT2D eigenvalue weighted by Gasteiger charge is 2.44. The molecule has 2 heterocycles. The van der Waals surface area contributed by atoms with Crippen LogP contribution in [0.2, 0.25) is 0 Å². The van der Waals surface area contributed by atoms with Gasteiger partial charge in [-0.2, -0.15) is 0 Å². The zero-order valence-electron chi connectivity index (χ0n) is 17.9. The van der Waals surface area contributed by atoms with Gasteiger partial charge in [-0.25, -0.2) is 0 Å². The van der Waals surface area contributed by atoms with Gasteiger partial charge in [0.25, 0.3) is 0 Å². The number of hydrogen-bond acceptors (Lipinski definition) is 10. The summed E-state index contributed by atoms with van der Waals surface area (Å²) in [6.07, 6.45) is -5.59. The predicted octanol–water partition coefficient (Wildman–Crippen LogP) is 0.656. The Hall–Kier alpha value is -3.15. The van der Waals surface area contributed by atoms with Crippen molar-refractivity contribution in [3.05, 3.63) is 52.9 Å². The molecular formula is C23H24O10. The maximum Gasteiger partial charge on any atom is 0.229 e. The molecule has 10 nitrogen and oxygen atoms in total. The summed E-state index contributed by atoms with van der Waals surface area (Å²) in [5.41, 5.74) is 0.871. The van der Waals surface area contributed by atoms with Crippen LogP contribution in [-0.2, 0) is 4.74 Å². The molecule has 1 saturated heterocycles. The van der Waals surface area contributed by atoms with Crippen molar-refractivity contribution in [2.45, 2.75) is 30.7 Å². The van der Waals surface area contributed by atoms with Gasteiger partial charge >= 0.3 is 0 Å². The lowest BCUT2D eigenvalue weighted by atomic mass is 9.99. The average Bonchev–Trinajstić information content (AvgIpc) is 2.84. The van der Waals surface area contributed by atoms with Crippen molar-refractivity contribution >= 4 is 11.0 Å². The van der Waals surface area contributed by atoms with Crippen LogP contribution < -0.4 is 19.6 Å². The SMILES string of the molecule is COc1cc(OC)c2c(=O)c(-c3ccc(O[C@@H]4O[C@@H](CO)[C@H](O)[C@@H](O)[C@@H]4O)cc3)coc2c1. The summed E-state index contributed by atoms with van der Waals surface area (Å²) < 4.78 is 27.1. The lowest BCUT2D eigenvalue weighted by molar-refractivity contribution is -0.277. The molecule has 1 aliphatic heterocycles. The summed E-state index contributed by atoms with van der Waals surface area (Å²) in [4.78, 5) is 13.1. The topological polar surface area (TPSA) is 148 Å². The second kappa shape index (κ2) is 9.38. The number of methoxy groups -OCH3 is 2. The summed E-state index contributed by atoms with van der Waals surface area (Å²) in [6.45, 7) is -0.559. The molecule has 0 spiro atoms. The molecule has 176 valence electrons. The van der Waals surface area contributed by atoms with E-state index in [-0.39, 0.29) is 16.6 Å². The molecule has 4 N–H and O–H groups in total. The largest absolute Gasteiger partial charge is 0.496 e. The van der Waals surface area contributed by atoms with Gasteiger partial charge in [0.15, 0.2) is 0 Å². The van der Waals surface area contributed by atoms with Crippen molar-refractivity contribution in [3.63, 3.8) is 0 Å². The lowest BCUT2D eigenvalue weighted by Crippen LogP contribution is -2.60. The van der Waals surface area contributed by atoms with Crippen LogP contribution in [0.1, 0.15) is 0 Å². The lowest BCUT2D eigenvalue weighted by Gasteiger charge is -2.39. The number of hydrogen-bond donors (Lipinski definition) is 4. The van der Waals surface area contributed by atoms with Crippen LogP contribution in [0.4, 0.5) is 0 Å². The summed E-state index contributed by atoms with van der Waals surface area (Å²) in [6, 6.07) is 9.53. The Bertz CT molecular complexity index is 1170. The standard InChI is InChI=1S/C23H24O10/c1-29-13-7-15(30-2)18-16(8-13)31-10-14(19(18)25)11-3-5-12(6-4-11)32-23-22(28)21(27)20(26)17(9-24)33-23/h3-8,10,17,20-24,26-28H,9H2,1-2H3/t17-,20-,21+,22-,23+/m0/s1. The molecule has 0 radical (unpaired) electrons. The van der Waals surface area contributed by atoms with Gasteiger partial charge in [-0.15, -0.1) is 0 Å². The van der Waals surface area contributed by atoms with Crippen molar-refractivity contribution in [2.24, 2.45) is 0 Å². The smallest absolute Gasteiger partial charge is 0.229 e. The fraction of sp³-hybridized carbons (Fsp3) is 0.348. The highest BCUT2D eigenvalue weighted by atomic mass is 16.7. The summed E-state index contributed by atoms with van der Waals surface area (Å²) in [7, 11) is 2.95. The highest BCUT2D eigenvalue weighted by molar-refractivity contribution is 5.88. The molecule has 2 aromatic carbocycles. The molecular weight excluding hydrogens is 436 g/mol. The normalized spacial score (nSPS) is 25.1. The van der Waals surface area contributed by atoms with E-state index < -0.39 is 37.3 Å². The van der Waals surface area contributed by atoms with Gasteiger partial charge in [0.2, 0.25) is 11.7 Å². The third kappa shape index (κ3) is 4.26. The first kappa shape index (κ1) is 23.0. The van der Waals surface area contributed by atoms with E-state index in [0.717, 1.165) is 0 Å². The third-order valence-corrected chi connectivity index (χ3v) is 5.54. The van der Waals surface area contributed by atoms with Crippen LogP contribution >= 0.6 is 0 Å². The molecule has 4 rings (SSSR count). The third-order valence-electron chi connectivity index (χ3n) is 5.54. The Morgan fingerprint density at radius 1 is 0.939 bits per heavy atom. The predicted molar refractivity (Wildman–Crippen MR) is 115 cm³/mol. The fourth-order valence-electron chi connectivity index (χ4n) is 3.68. The number of ether oxygens (including phenoxy) is 4. The molecule has 0 saturated carbocycles. The number of aliphatic hydroxyl groups is 4. The van der Waals surface area contributed by atoms with E-state index in [1.807, 2.05) is 0 Å². The Morgan fingerprint density at radius 2 is 1.67 bits per heavy atom. The minimum absolute atomic E-state index is 0.274. The first-order valence-corrected chi connectivity index (χ1v) is 10.1.